The van der Waals surface area contributed by atoms with Crippen molar-refractivity contribution in [3.8, 4) is 0 Å². The number of aromatic nitrogens is 6. The summed E-state index contributed by atoms with van der Waals surface area (Å²) in [5.41, 5.74) is 22.3. The molecular weight excluding hydrogens is 691 g/mol. The van der Waals surface area contributed by atoms with Crippen LogP contribution in [-0.2, 0) is 16.1 Å². The van der Waals surface area contributed by atoms with Crippen LogP contribution in [0.25, 0.3) is 32.3 Å². The number of aliphatic carboxylic acids is 2. The van der Waals surface area contributed by atoms with E-state index in [9.17, 15) is 19.2 Å². The molecule has 4 aromatic heterocycles. The number of amides is 1. The monoisotopic (exact) mass is 723 g/mol. The Kier molecular flexibility index (Phi) is 11.5. The van der Waals surface area contributed by atoms with E-state index in [1.54, 1.807) is 23.5 Å². The molecule has 17 nitrogen and oxygen atoms in total. The maximum Gasteiger partial charge on any atom is 0.326 e. The van der Waals surface area contributed by atoms with Crippen molar-refractivity contribution < 1.29 is 24.6 Å². The van der Waals surface area contributed by atoms with Crippen LogP contribution in [0.5, 0.6) is 0 Å². The van der Waals surface area contributed by atoms with Crippen molar-refractivity contribution in [3.63, 3.8) is 0 Å². The predicted octanol–water partition coefficient (Wildman–Crippen LogP) is 3.58. The average molecular weight is 724 g/mol. The third-order valence-corrected chi connectivity index (χ3v) is 8.18. The Labute approximate surface area is 298 Å². The van der Waals surface area contributed by atoms with Crippen molar-refractivity contribution in [3.05, 3.63) is 106 Å². The lowest BCUT2D eigenvalue weighted by Crippen LogP contribution is -2.41. The van der Waals surface area contributed by atoms with Gasteiger partial charge in [0.05, 0.1) is 39.9 Å². The number of hydrogen-bond acceptors (Lipinski definition) is 13. The summed E-state index contributed by atoms with van der Waals surface area (Å²) in [6.45, 7) is 0.231. The maximum atomic E-state index is 12.3. The zero-order valence-corrected chi connectivity index (χ0v) is 28.1. The van der Waals surface area contributed by atoms with E-state index >= 15 is 0 Å². The summed E-state index contributed by atoms with van der Waals surface area (Å²) in [6.07, 6.45) is 0.840. The number of nitrogens with one attached hydrogen (secondary N) is 4. The number of carbonyl (C=O) groups is 3. The first-order chi connectivity index (χ1) is 25.0. The number of thiazole rings is 1. The third-order valence-electron chi connectivity index (χ3n) is 7.37. The summed E-state index contributed by atoms with van der Waals surface area (Å²) in [5.74, 6) is -2.61. The molecule has 1 unspecified atom stereocenters. The Morgan fingerprint density at radius 1 is 0.885 bits per heavy atom. The number of nitrogen functional groups attached to an aromatic ring is 3. The highest BCUT2D eigenvalue weighted by molar-refractivity contribution is 7.16. The molecule has 1 atom stereocenters. The minimum Gasteiger partial charge on any atom is -0.481 e. The van der Waals surface area contributed by atoms with Gasteiger partial charge in [0, 0.05) is 28.6 Å². The molecule has 4 heterocycles. The fraction of sp³-hybridized carbons (Fsp3) is 0.118. The number of rotatable bonds is 9. The topological polar surface area (TPSA) is 294 Å². The first-order valence-corrected chi connectivity index (χ1v) is 16.4. The highest BCUT2D eigenvalue weighted by Crippen LogP contribution is 2.25. The first kappa shape index (κ1) is 36.2. The molecule has 0 aliphatic heterocycles. The van der Waals surface area contributed by atoms with Gasteiger partial charge < -0.3 is 43.0 Å². The maximum absolute atomic E-state index is 12.3. The number of aromatic amines is 2. The van der Waals surface area contributed by atoms with Crippen LogP contribution in [0, 0.1) is 0 Å². The number of para-hydroxylation sites is 2. The molecule has 0 aliphatic rings. The van der Waals surface area contributed by atoms with Gasteiger partial charge in [-0.2, -0.15) is 4.98 Å². The highest BCUT2D eigenvalue weighted by atomic mass is 32.1. The highest BCUT2D eigenvalue weighted by Gasteiger charge is 2.21. The summed E-state index contributed by atoms with van der Waals surface area (Å²) in [5, 5.41) is 24.2. The molecule has 52 heavy (non-hydrogen) atoms. The molecule has 12 N–H and O–H groups in total. The van der Waals surface area contributed by atoms with Crippen molar-refractivity contribution in [2.24, 2.45) is 0 Å². The van der Waals surface area contributed by atoms with Crippen LogP contribution in [0.3, 0.4) is 0 Å². The van der Waals surface area contributed by atoms with E-state index in [4.69, 9.17) is 27.4 Å². The largest absolute Gasteiger partial charge is 0.481 e. The Bertz CT molecular complexity index is 2380. The molecule has 0 bridgehead atoms. The van der Waals surface area contributed by atoms with Gasteiger partial charge in [-0.15, -0.1) is 11.3 Å². The number of anilines is 4. The number of carboxylic acids is 2. The van der Waals surface area contributed by atoms with Gasteiger partial charge >= 0.3 is 11.9 Å². The van der Waals surface area contributed by atoms with Gasteiger partial charge in [-0.25, -0.2) is 19.7 Å². The molecule has 7 aromatic rings. The Morgan fingerprint density at radius 2 is 1.62 bits per heavy atom. The van der Waals surface area contributed by atoms with Crippen molar-refractivity contribution in [2.75, 3.05) is 22.5 Å². The van der Waals surface area contributed by atoms with E-state index < -0.39 is 29.4 Å². The number of benzene rings is 3. The Balaban J connectivity index is 0.000000208. The van der Waals surface area contributed by atoms with Gasteiger partial charge in [0.15, 0.2) is 11.2 Å². The van der Waals surface area contributed by atoms with Crippen LogP contribution < -0.4 is 33.4 Å². The Hall–Kier alpha value is -7.08. The van der Waals surface area contributed by atoms with Crippen LogP contribution in [0.15, 0.2) is 89.3 Å². The first-order valence-electron chi connectivity index (χ1n) is 15.5. The molecule has 1 amide bonds. The molecule has 18 heteroatoms. The van der Waals surface area contributed by atoms with Gasteiger partial charge in [0.25, 0.3) is 11.5 Å². The van der Waals surface area contributed by atoms with E-state index in [0.29, 0.717) is 22.9 Å². The van der Waals surface area contributed by atoms with E-state index in [1.165, 1.54) is 23.0 Å². The lowest BCUT2D eigenvalue weighted by atomic mass is 10.1. The second-order valence-electron chi connectivity index (χ2n) is 11.0. The fourth-order valence-corrected chi connectivity index (χ4v) is 5.42. The average Bonchev–Trinajstić information content (AvgIpc) is 3.73. The summed E-state index contributed by atoms with van der Waals surface area (Å²) >= 11 is 1.68. The number of hydrogen-bond donors (Lipinski definition) is 9. The van der Waals surface area contributed by atoms with E-state index in [2.05, 4.69) is 46.6 Å². The number of H-pyrrole nitrogens is 2. The van der Waals surface area contributed by atoms with Gasteiger partial charge in [-0.05, 0) is 48.9 Å². The van der Waals surface area contributed by atoms with Gasteiger partial charge in [0.1, 0.15) is 11.9 Å². The number of fused-ring (bicyclic) bond motifs is 3. The van der Waals surface area contributed by atoms with Crippen molar-refractivity contribution in [1.29, 1.82) is 0 Å². The summed E-state index contributed by atoms with van der Waals surface area (Å²) in [4.78, 5) is 67.7. The lowest BCUT2D eigenvalue weighted by molar-refractivity contribution is -0.140. The third kappa shape index (κ3) is 9.33. The van der Waals surface area contributed by atoms with Crippen LogP contribution in [0.2, 0.25) is 0 Å². The number of carbonyl (C=O) groups excluding carboxylic acids is 1. The minimum absolute atomic E-state index is 0.0524. The Morgan fingerprint density at radius 3 is 2.33 bits per heavy atom. The smallest absolute Gasteiger partial charge is 0.326 e. The molecule has 0 fully saturated rings. The van der Waals surface area contributed by atoms with Crippen LogP contribution in [0.1, 0.15) is 28.9 Å². The molecule has 0 spiro atoms. The zero-order chi connectivity index (χ0) is 37.2. The van der Waals surface area contributed by atoms with E-state index in [1.807, 2.05) is 48.0 Å². The fourth-order valence-electron chi connectivity index (χ4n) is 4.74. The van der Waals surface area contributed by atoms with Gasteiger partial charge in [-0.3, -0.25) is 19.4 Å². The number of nitrogens with two attached hydrogens (primary N) is 3. The molecule has 0 saturated heterocycles. The minimum atomic E-state index is -1.31. The quantitative estimate of drug-likeness (QED) is 0.103. The number of nitrogens with zero attached hydrogens (tertiary/aromatic N) is 4. The second-order valence-corrected chi connectivity index (χ2v) is 11.9. The molecule has 0 aliphatic carbocycles. The SMILES string of the molecule is Nc1[nH]c2ccccc2c1N.Nc1nc2ncc(CNc3ccc(C(=O)NC(CCC(=O)O)C(=O)O)cc3)nc2c(=O)[nH]1.c1ccc2scnc2c1. The standard InChI is InChI=1S/C19H19N7O6.C8H9N3.C7H5NS/c20-19-25-15-14(17(30)26-19)23-11(8-22-15)7-21-10-3-1-9(2-4-10)16(29)24-12(18(31)32)5-6-13(27)28;9-7-5-3-1-2-4-6(5)11-8(7)10;1-2-4-7-6(3-1)8-5-9-7/h1-4,8,12,21H,5-7H2,(H,24,29)(H,27,28)(H,31,32)(H3,20,22,25,26,30);1-4,11H,9-10H2;1-5H. The summed E-state index contributed by atoms with van der Waals surface area (Å²) in [6, 6.07) is 20.8. The normalized spacial score (nSPS) is 11.2. The van der Waals surface area contributed by atoms with Crippen molar-refractivity contribution >= 4 is 84.6 Å². The zero-order valence-electron chi connectivity index (χ0n) is 27.2. The summed E-state index contributed by atoms with van der Waals surface area (Å²) in [7, 11) is 0. The molecule has 266 valence electrons. The second kappa shape index (κ2) is 16.5. The number of carboxylic acid groups (broad SMARTS) is 2. The van der Waals surface area contributed by atoms with Crippen LogP contribution in [-0.4, -0.2) is 64.0 Å². The summed E-state index contributed by atoms with van der Waals surface area (Å²) < 4.78 is 1.26. The molecular formula is C34H33N11O6S. The lowest BCUT2D eigenvalue weighted by Gasteiger charge is -2.14. The molecule has 0 saturated carbocycles. The molecule has 3 aromatic carbocycles. The van der Waals surface area contributed by atoms with E-state index in [0.717, 1.165) is 16.4 Å². The van der Waals surface area contributed by atoms with Crippen LogP contribution >= 0.6 is 11.3 Å². The van der Waals surface area contributed by atoms with E-state index in [-0.39, 0.29) is 42.1 Å². The van der Waals surface area contributed by atoms with Gasteiger partial charge in [-0.1, -0.05) is 30.3 Å². The van der Waals surface area contributed by atoms with Gasteiger partial charge in [0.2, 0.25) is 5.95 Å². The molecule has 7 rings (SSSR count). The van der Waals surface area contributed by atoms with Crippen LogP contribution in [0.4, 0.5) is 23.1 Å². The molecule has 0 radical (unpaired) electrons. The predicted molar refractivity (Wildman–Crippen MR) is 199 cm³/mol. The van der Waals surface area contributed by atoms with Crippen molar-refractivity contribution in [2.45, 2.75) is 25.4 Å². The van der Waals surface area contributed by atoms with Crippen molar-refractivity contribution in [1.82, 2.24) is 35.2 Å².